The molecule has 0 atom stereocenters. The maximum absolute atomic E-state index is 5.87. The molecule has 116 valence electrons. The lowest BCUT2D eigenvalue weighted by Gasteiger charge is -2.13. The predicted molar refractivity (Wildman–Crippen MR) is 91.4 cm³/mol. The summed E-state index contributed by atoms with van der Waals surface area (Å²) >= 11 is 1.44. The number of pyridine rings is 1. The summed E-state index contributed by atoms with van der Waals surface area (Å²) in [5.74, 6) is 0.749. The van der Waals surface area contributed by atoms with Crippen molar-refractivity contribution in [2.75, 3.05) is 0 Å². The molecule has 23 heavy (non-hydrogen) atoms. The number of nitrogens with zero attached hydrogens (tertiary/aromatic N) is 4. The number of benzene rings is 1. The van der Waals surface area contributed by atoms with E-state index < -0.39 is 0 Å². The molecular formula is C17H16N4OS. The standard InChI is InChI=1S/C17H16N4OS/c1-17(2,3)14-10-21-15(19-14)23-16(20-21)22-12-6-7-13-11(9-12)5-4-8-18-13/h4-10H,1-3H3. The molecule has 5 nitrogen and oxygen atoms in total. The number of ether oxygens (including phenoxy) is 1. The highest BCUT2D eigenvalue weighted by Crippen LogP contribution is 2.30. The molecule has 3 heterocycles. The van der Waals surface area contributed by atoms with E-state index in [-0.39, 0.29) is 5.41 Å². The summed E-state index contributed by atoms with van der Waals surface area (Å²) < 4.78 is 7.66. The summed E-state index contributed by atoms with van der Waals surface area (Å²) in [5.41, 5.74) is 1.99. The molecule has 0 aliphatic rings. The Hall–Kier alpha value is -2.47. The van der Waals surface area contributed by atoms with E-state index in [4.69, 9.17) is 4.74 Å². The lowest BCUT2D eigenvalue weighted by molar-refractivity contribution is 0.471. The van der Waals surface area contributed by atoms with Gasteiger partial charge in [-0.3, -0.25) is 4.98 Å². The summed E-state index contributed by atoms with van der Waals surface area (Å²) in [6.07, 6.45) is 3.74. The van der Waals surface area contributed by atoms with Crippen LogP contribution in [0.1, 0.15) is 26.5 Å². The zero-order chi connectivity index (χ0) is 16.0. The van der Waals surface area contributed by atoms with E-state index in [9.17, 15) is 0 Å². The summed E-state index contributed by atoms with van der Waals surface area (Å²) in [7, 11) is 0. The van der Waals surface area contributed by atoms with E-state index in [1.165, 1.54) is 11.3 Å². The molecule has 3 aromatic heterocycles. The van der Waals surface area contributed by atoms with Crippen LogP contribution < -0.4 is 4.74 Å². The van der Waals surface area contributed by atoms with Crippen molar-refractivity contribution in [1.29, 1.82) is 0 Å². The Morgan fingerprint density at radius 1 is 1.17 bits per heavy atom. The summed E-state index contributed by atoms with van der Waals surface area (Å²) in [6, 6.07) is 9.74. The number of hydrogen-bond donors (Lipinski definition) is 0. The van der Waals surface area contributed by atoms with Crippen LogP contribution in [0.3, 0.4) is 0 Å². The van der Waals surface area contributed by atoms with Gasteiger partial charge in [0.2, 0.25) is 4.96 Å². The highest BCUT2D eigenvalue weighted by Gasteiger charge is 2.19. The molecule has 6 heteroatoms. The second kappa shape index (κ2) is 5.03. The van der Waals surface area contributed by atoms with Crippen molar-refractivity contribution >= 4 is 27.2 Å². The molecule has 4 rings (SSSR count). The Morgan fingerprint density at radius 2 is 2.04 bits per heavy atom. The lowest BCUT2D eigenvalue weighted by atomic mass is 9.93. The first-order valence-corrected chi connectivity index (χ1v) is 8.20. The van der Waals surface area contributed by atoms with Gasteiger partial charge in [0.1, 0.15) is 5.75 Å². The van der Waals surface area contributed by atoms with Gasteiger partial charge in [-0.15, -0.1) is 5.10 Å². The number of imidazole rings is 1. The van der Waals surface area contributed by atoms with Gasteiger partial charge in [-0.1, -0.05) is 26.8 Å². The monoisotopic (exact) mass is 324 g/mol. The van der Waals surface area contributed by atoms with Crippen molar-refractivity contribution in [2.24, 2.45) is 0 Å². The third-order valence-electron chi connectivity index (χ3n) is 3.57. The maximum atomic E-state index is 5.87. The highest BCUT2D eigenvalue weighted by molar-refractivity contribution is 7.18. The van der Waals surface area contributed by atoms with E-state index in [0.29, 0.717) is 5.19 Å². The first-order chi connectivity index (χ1) is 11.0. The molecule has 0 radical (unpaired) electrons. The van der Waals surface area contributed by atoms with Crippen molar-refractivity contribution in [3.63, 3.8) is 0 Å². The molecule has 4 aromatic rings. The molecule has 0 bridgehead atoms. The zero-order valence-electron chi connectivity index (χ0n) is 13.1. The third-order valence-corrected chi connectivity index (χ3v) is 4.37. The van der Waals surface area contributed by atoms with Crippen molar-refractivity contribution in [3.8, 4) is 10.9 Å². The third kappa shape index (κ3) is 2.66. The Balaban J connectivity index is 1.64. The quantitative estimate of drug-likeness (QED) is 0.547. The topological polar surface area (TPSA) is 52.3 Å². The van der Waals surface area contributed by atoms with Crippen molar-refractivity contribution < 1.29 is 4.74 Å². The minimum Gasteiger partial charge on any atom is -0.430 e. The Morgan fingerprint density at radius 3 is 2.83 bits per heavy atom. The van der Waals surface area contributed by atoms with Gasteiger partial charge in [0.25, 0.3) is 5.19 Å². The number of aromatic nitrogens is 4. The van der Waals surface area contributed by atoms with Gasteiger partial charge in [0, 0.05) is 17.0 Å². The van der Waals surface area contributed by atoms with E-state index in [1.54, 1.807) is 10.7 Å². The van der Waals surface area contributed by atoms with Gasteiger partial charge in [-0.05, 0) is 35.6 Å². The largest absolute Gasteiger partial charge is 0.430 e. The second-order valence-corrected chi connectivity index (χ2v) is 7.35. The van der Waals surface area contributed by atoms with Crippen molar-refractivity contribution in [2.45, 2.75) is 26.2 Å². The SMILES string of the molecule is CC(C)(C)c1cn2nc(Oc3ccc4ncccc4c3)sc2n1. The maximum Gasteiger partial charge on any atom is 0.299 e. The first-order valence-electron chi connectivity index (χ1n) is 7.38. The van der Waals surface area contributed by atoms with Gasteiger partial charge in [0.05, 0.1) is 17.4 Å². The number of fused-ring (bicyclic) bond motifs is 2. The van der Waals surface area contributed by atoms with E-state index in [0.717, 1.165) is 27.3 Å². The van der Waals surface area contributed by atoms with Crippen LogP contribution in [0.4, 0.5) is 0 Å². The van der Waals surface area contributed by atoms with Crippen LogP contribution >= 0.6 is 11.3 Å². The molecule has 0 N–H and O–H groups in total. The van der Waals surface area contributed by atoms with Gasteiger partial charge < -0.3 is 4.74 Å². The normalized spacial score (nSPS) is 12.1. The van der Waals surface area contributed by atoms with Gasteiger partial charge in [0.15, 0.2) is 0 Å². The highest BCUT2D eigenvalue weighted by atomic mass is 32.1. The minimum absolute atomic E-state index is 0.0137. The summed E-state index contributed by atoms with van der Waals surface area (Å²) in [6.45, 7) is 6.42. The number of rotatable bonds is 2. The van der Waals surface area contributed by atoms with Gasteiger partial charge in [-0.25, -0.2) is 9.50 Å². The van der Waals surface area contributed by atoms with Crippen molar-refractivity contribution in [1.82, 2.24) is 19.6 Å². The molecule has 0 unspecified atom stereocenters. The van der Waals surface area contributed by atoms with E-state index >= 15 is 0 Å². The average molecular weight is 324 g/mol. The second-order valence-electron chi connectivity index (χ2n) is 6.43. The molecular weight excluding hydrogens is 308 g/mol. The summed E-state index contributed by atoms with van der Waals surface area (Å²) in [4.78, 5) is 9.77. The fourth-order valence-electron chi connectivity index (χ4n) is 2.30. The first kappa shape index (κ1) is 14.1. The van der Waals surface area contributed by atoms with Crippen LogP contribution in [0.2, 0.25) is 0 Å². The molecule has 0 fully saturated rings. The fraction of sp³-hybridized carbons (Fsp3) is 0.235. The van der Waals surface area contributed by atoms with Crippen LogP contribution in [-0.4, -0.2) is 19.6 Å². The molecule has 0 aliphatic carbocycles. The van der Waals surface area contributed by atoms with Gasteiger partial charge >= 0.3 is 0 Å². The molecule has 0 amide bonds. The van der Waals surface area contributed by atoms with Gasteiger partial charge in [-0.2, -0.15) is 0 Å². The van der Waals surface area contributed by atoms with Crippen molar-refractivity contribution in [3.05, 3.63) is 48.4 Å². The molecule has 0 saturated carbocycles. The summed E-state index contributed by atoms with van der Waals surface area (Å²) in [5, 5.41) is 6.08. The number of hydrogen-bond acceptors (Lipinski definition) is 5. The molecule has 0 aliphatic heterocycles. The van der Waals surface area contributed by atoms with Crippen LogP contribution in [0.15, 0.2) is 42.7 Å². The Kier molecular flexibility index (Phi) is 3.09. The lowest BCUT2D eigenvalue weighted by Crippen LogP contribution is -2.11. The predicted octanol–water partition coefficient (Wildman–Crippen LogP) is 4.43. The smallest absolute Gasteiger partial charge is 0.299 e. The van der Waals surface area contributed by atoms with E-state index in [1.807, 2.05) is 36.5 Å². The fourth-order valence-corrected chi connectivity index (χ4v) is 3.06. The average Bonchev–Trinajstić information content (AvgIpc) is 3.05. The van der Waals surface area contributed by atoms with Crippen LogP contribution in [0.5, 0.6) is 10.9 Å². The Bertz CT molecular complexity index is 965. The molecule has 0 spiro atoms. The van der Waals surface area contributed by atoms with Crippen LogP contribution in [0.25, 0.3) is 15.9 Å². The Labute approximate surface area is 137 Å². The molecule has 1 aromatic carbocycles. The minimum atomic E-state index is 0.0137. The molecule has 0 saturated heterocycles. The van der Waals surface area contributed by atoms with E-state index in [2.05, 4.69) is 35.8 Å². The van der Waals surface area contributed by atoms with Crippen LogP contribution in [0, 0.1) is 0 Å². The van der Waals surface area contributed by atoms with Crippen LogP contribution in [-0.2, 0) is 5.41 Å². The zero-order valence-corrected chi connectivity index (χ0v) is 14.0.